The number of ether oxygens (including phenoxy) is 1. The van der Waals surface area contributed by atoms with Gasteiger partial charge in [-0.15, -0.1) is 0 Å². The van der Waals surface area contributed by atoms with Crippen molar-refractivity contribution in [1.82, 2.24) is 4.72 Å². The molecule has 1 saturated heterocycles. The minimum absolute atomic E-state index is 0.255. The standard InChI is InChI=1S/C13H16N2O3S/c14-9-11-1-3-12(4-2-11)10-15-19(16,17)13-5-7-18-8-6-13/h1-4,13,15H,5-8,10H2. The van der Waals surface area contributed by atoms with Gasteiger partial charge < -0.3 is 4.74 Å². The predicted molar refractivity (Wildman–Crippen MR) is 70.8 cm³/mol. The molecule has 1 aliphatic rings. The van der Waals surface area contributed by atoms with Crippen molar-refractivity contribution in [2.75, 3.05) is 13.2 Å². The lowest BCUT2D eigenvalue weighted by atomic mass is 10.1. The summed E-state index contributed by atoms with van der Waals surface area (Å²) in [6, 6.07) is 8.89. The summed E-state index contributed by atoms with van der Waals surface area (Å²) < 4.78 is 31.9. The van der Waals surface area contributed by atoms with Crippen molar-refractivity contribution in [1.29, 1.82) is 5.26 Å². The van der Waals surface area contributed by atoms with E-state index in [1.165, 1.54) is 0 Å². The Labute approximate surface area is 113 Å². The second-order valence-electron chi connectivity index (χ2n) is 4.49. The molecule has 0 spiro atoms. The maximum absolute atomic E-state index is 12.1. The molecule has 0 aromatic heterocycles. The Bertz CT molecular complexity index is 555. The van der Waals surface area contributed by atoms with Gasteiger partial charge in [-0.3, -0.25) is 0 Å². The molecule has 0 bridgehead atoms. The summed E-state index contributed by atoms with van der Waals surface area (Å²) in [5.74, 6) is 0. The number of benzene rings is 1. The van der Waals surface area contributed by atoms with E-state index in [4.69, 9.17) is 10.00 Å². The maximum atomic E-state index is 12.1. The van der Waals surface area contributed by atoms with Crippen molar-refractivity contribution in [3.8, 4) is 6.07 Å². The highest BCUT2D eigenvalue weighted by Crippen LogP contribution is 2.15. The van der Waals surface area contributed by atoms with Crippen LogP contribution in [0.15, 0.2) is 24.3 Å². The van der Waals surface area contributed by atoms with E-state index in [0.29, 0.717) is 31.6 Å². The number of nitrogens with one attached hydrogen (secondary N) is 1. The zero-order valence-corrected chi connectivity index (χ0v) is 11.3. The van der Waals surface area contributed by atoms with Gasteiger partial charge in [0, 0.05) is 19.8 Å². The highest BCUT2D eigenvalue weighted by molar-refractivity contribution is 7.90. The van der Waals surface area contributed by atoms with Gasteiger partial charge in [0.15, 0.2) is 0 Å². The van der Waals surface area contributed by atoms with Gasteiger partial charge in [-0.05, 0) is 30.5 Å². The summed E-state index contributed by atoms with van der Waals surface area (Å²) in [5, 5.41) is 8.32. The SMILES string of the molecule is N#Cc1ccc(CNS(=O)(=O)C2CCOCC2)cc1. The molecule has 0 amide bonds. The summed E-state index contributed by atoms with van der Waals surface area (Å²) in [5.41, 5.74) is 1.41. The fourth-order valence-electron chi connectivity index (χ4n) is 1.99. The minimum Gasteiger partial charge on any atom is -0.381 e. The summed E-state index contributed by atoms with van der Waals surface area (Å²) in [6.45, 7) is 1.26. The minimum atomic E-state index is -3.29. The maximum Gasteiger partial charge on any atom is 0.214 e. The van der Waals surface area contributed by atoms with E-state index in [-0.39, 0.29) is 11.8 Å². The second-order valence-corrected chi connectivity index (χ2v) is 6.53. The second kappa shape index (κ2) is 6.15. The molecule has 19 heavy (non-hydrogen) atoms. The molecule has 1 aromatic rings. The van der Waals surface area contributed by atoms with Crippen LogP contribution in [-0.2, 0) is 21.3 Å². The first-order chi connectivity index (χ1) is 9.12. The van der Waals surface area contributed by atoms with Crippen LogP contribution in [-0.4, -0.2) is 26.9 Å². The Morgan fingerprint density at radius 1 is 1.26 bits per heavy atom. The van der Waals surface area contributed by atoms with E-state index in [1.807, 2.05) is 6.07 Å². The van der Waals surface area contributed by atoms with Gasteiger partial charge in [0.05, 0.1) is 16.9 Å². The molecule has 1 fully saturated rings. The highest BCUT2D eigenvalue weighted by Gasteiger charge is 2.27. The van der Waals surface area contributed by atoms with Gasteiger partial charge in [0.1, 0.15) is 0 Å². The van der Waals surface area contributed by atoms with Crippen molar-refractivity contribution >= 4 is 10.0 Å². The Kier molecular flexibility index (Phi) is 4.53. The molecule has 0 radical (unpaired) electrons. The third-order valence-electron chi connectivity index (χ3n) is 3.17. The normalized spacial score (nSPS) is 17.0. The molecule has 1 N–H and O–H groups in total. The van der Waals surface area contributed by atoms with E-state index >= 15 is 0 Å². The van der Waals surface area contributed by atoms with Crippen LogP contribution in [0, 0.1) is 11.3 Å². The van der Waals surface area contributed by atoms with E-state index in [2.05, 4.69) is 4.72 Å². The topological polar surface area (TPSA) is 79.2 Å². The molecule has 1 aliphatic heterocycles. The molecular formula is C13H16N2O3S. The van der Waals surface area contributed by atoms with Crippen LogP contribution in [0.5, 0.6) is 0 Å². The van der Waals surface area contributed by atoms with Crippen molar-refractivity contribution in [2.45, 2.75) is 24.6 Å². The van der Waals surface area contributed by atoms with Crippen molar-refractivity contribution in [2.24, 2.45) is 0 Å². The van der Waals surface area contributed by atoms with Crippen molar-refractivity contribution in [3.63, 3.8) is 0 Å². The van der Waals surface area contributed by atoms with Crippen LogP contribution in [0.4, 0.5) is 0 Å². The zero-order valence-electron chi connectivity index (χ0n) is 10.5. The number of hydrogen-bond donors (Lipinski definition) is 1. The van der Waals surface area contributed by atoms with Crippen LogP contribution in [0.1, 0.15) is 24.0 Å². The van der Waals surface area contributed by atoms with Crippen molar-refractivity contribution < 1.29 is 13.2 Å². The molecule has 6 heteroatoms. The largest absolute Gasteiger partial charge is 0.381 e. The lowest BCUT2D eigenvalue weighted by Crippen LogP contribution is -2.37. The van der Waals surface area contributed by atoms with E-state index in [1.54, 1.807) is 24.3 Å². The summed E-state index contributed by atoms with van der Waals surface area (Å²) in [7, 11) is -3.29. The van der Waals surface area contributed by atoms with Crippen LogP contribution < -0.4 is 4.72 Å². The molecule has 1 aromatic carbocycles. The van der Waals surface area contributed by atoms with Gasteiger partial charge in [0.25, 0.3) is 0 Å². The fraction of sp³-hybridized carbons (Fsp3) is 0.462. The Morgan fingerprint density at radius 3 is 2.47 bits per heavy atom. The molecule has 0 unspecified atom stereocenters. The smallest absolute Gasteiger partial charge is 0.214 e. The summed E-state index contributed by atoms with van der Waals surface area (Å²) >= 11 is 0. The highest BCUT2D eigenvalue weighted by atomic mass is 32.2. The Hall–Kier alpha value is -1.42. The number of hydrogen-bond acceptors (Lipinski definition) is 4. The van der Waals surface area contributed by atoms with E-state index in [9.17, 15) is 8.42 Å². The van der Waals surface area contributed by atoms with Gasteiger partial charge in [-0.1, -0.05) is 12.1 Å². The first kappa shape index (κ1) is 14.0. The quantitative estimate of drug-likeness (QED) is 0.897. The average molecular weight is 280 g/mol. The van der Waals surface area contributed by atoms with E-state index in [0.717, 1.165) is 5.56 Å². The molecule has 0 atom stereocenters. The molecule has 0 saturated carbocycles. The average Bonchev–Trinajstić information content (AvgIpc) is 2.47. The number of nitrogens with zero attached hydrogens (tertiary/aromatic N) is 1. The molecular weight excluding hydrogens is 264 g/mol. The number of sulfonamides is 1. The predicted octanol–water partition coefficient (Wildman–Crippen LogP) is 1.16. The molecule has 1 heterocycles. The molecule has 2 rings (SSSR count). The number of rotatable bonds is 4. The van der Waals surface area contributed by atoms with Gasteiger partial charge in [-0.2, -0.15) is 5.26 Å². The van der Waals surface area contributed by atoms with Crippen molar-refractivity contribution in [3.05, 3.63) is 35.4 Å². The first-order valence-corrected chi connectivity index (χ1v) is 7.72. The van der Waals surface area contributed by atoms with Gasteiger partial charge in [-0.25, -0.2) is 13.1 Å². The molecule has 5 nitrogen and oxygen atoms in total. The van der Waals surface area contributed by atoms with Gasteiger partial charge >= 0.3 is 0 Å². The first-order valence-electron chi connectivity index (χ1n) is 6.17. The molecule has 0 aliphatic carbocycles. The molecule has 102 valence electrons. The monoisotopic (exact) mass is 280 g/mol. The van der Waals surface area contributed by atoms with Crippen LogP contribution >= 0.6 is 0 Å². The summed E-state index contributed by atoms with van der Waals surface area (Å²) in [4.78, 5) is 0. The summed E-state index contributed by atoms with van der Waals surface area (Å²) in [6.07, 6.45) is 1.09. The lowest BCUT2D eigenvalue weighted by Gasteiger charge is -2.22. The fourth-order valence-corrected chi connectivity index (χ4v) is 3.40. The lowest BCUT2D eigenvalue weighted by molar-refractivity contribution is 0.0981. The third-order valence-corrected chi connectivity index (χ3v) is 5.06. The van der Waals surface area contributed by atoms with Gasteiger partial charge in [0.2, 0.25) is 10.0 Å². The number of nitriles is 1. The third kappa shape index (κ3) is 3.77. The van der Waals surface area contributed by atoms with Crippen LogP contribution in [0.25, 0.3) is 0 Å². The van der Waals surface area contributed by atoms with Crippen LogP contribution in [0.2, 0.25) is 0 Å². The zero-order chi connectivity index (χ0) is 13.7. The van der Waals surface area contributed by atoms with Crippen LogP contribution in [0.3, 0.4) is 0 Å². The Morgan fingerprint density at radius 2 is 1.89 bits per heavy atom. The van der Waals surface area contributed by atoms with E-state index < -0.39 is 10.0 Å². The Balaban J connectivity index is 1.95.